The van der Waals surface area contributed by atoms with Crippen LogP contribution in [0.3, 0.4) is 0 Å². The Balaban J connectivity index is 1.56. The van der Waals surface area contributed by atoms with E-state index in [1.54, 1.807) is 5.56 Å². The summed E-state index contributed by atoms with van der Waals surface area (Å²) in [6.45, 7) is 8.67. The van der Waals surface area contributed by atoms with E-state index in [4.69, 9.17) is 0 Å². The molecule has 104 valence electrons. The lowest BCUT2D eigenvalue weighted by Crippen LogP contribution is -2.40. The first-order chi connectivity index (χ1) is 9.33. The Morgan fingerprint density at radius 2 is 1.84 bits per heavy atom. The van der Waals surface area contributed by atoms with E-state index in [0.29, 0.717) is 0 Å². The molecular formula is C17H26N2. The summed E-state index contributed by atoms with van der Waals surface area (Å²) >= 11 is 0. The number of hydrogen-bond acceptors (Lipinski definition) is 2. The van der Waals surface area contributed by atoms with Crippen molar-refractivity contribution in [2.24, 2.45) is 5.92 Å². The smallest absolute Gasteiger partial charge is 0.0399 e. The van der Waals surface area contributed by atoms with E-state index in [1.165, 1.54) is 64.1 Å². The molecule has 0 spiro atoms. The minimum absolute atomic E-state index is 0.937. The first-order valence-corrected chi connectivity index (χ1v) is 7.88. The molecule has 2 aliphatic rings. The van der Waals surface area contributed by atoms with Gasteiger partial charge in [0, 0.05) is 25.3 Å². The second-order valence-electron chi connectivity index (χ2n) is 6.24. The van der Waals surface area contributed by atoms with Crippen LogP contribution >= 0.6 is 0 Å². The predicted molar refractivity (Wildman–Crippen MR) is 81.8 cm³/mol. The Hall–Kier alpha value is -1.02. The van der Waals surface area contributed by atoms with Gasteiger partial charge >= 0.3 is 0 Å². The molecular weight excluding hydrogens is 232 g/mol. The molecule has 1 saturated heterocycles. The van der Waals surface area contributed by atoms with Crippen molar-refractivity contribution in [3.05, 3.63) is 29.8 Å². The van der Waals surface area contributed by atoms with E-state index in [-0.39, 0.29) is 0 Å². The van der Waals surface area contributed by atoms with E-state index in [2.05, 4.69) is 41.0 Å². The number of aryl methyl sites for hydroxylation is 1. The monoisotopic (exact) mass is 258 g/mol. The Kier molecular flexibility index (Phi) is 4.07. The number of piperidine rings is 1. The quantitative estimate of drug-likeness (QED) is 0.821. The molecule has 0 bridgehead atoms. The highest BCUT2D eigenvalue weighted by atomic mass is 15.2. The molecule has 0 aromatic heterocycles. The minimum Gasteiger partial charge on any atom is -0.370 e. The van der Waals surface area contributed by atoms with Gasteiger partial charge < -0.3 is 9.80 Å². The van der Waals surface area contributed by atoms with Crippen LogP contribution < -0.4 is 4.90 Å². The van der Waals surface area contributed by atoms with Crippen molar-refractivity contribution in [2.75, 3.05) is 37.6 Å². The maximum atomic E-state index is 2.65. The molecule has 0 amide bonds. The van der Waals surface area contributed by atoms with Gasteiger partial charge in [-0.25, -0.2) is 0 Å². The third kappa shape index (κ3) is 3.11. The van der Waals surface area contributed by atoms with Crippen molar-refractivity contribution < 1.29 is 0 Å². The Labute approximate surface area is 117 Å². The van der Waals surface area contributed by atoms with Crippen LogP contribution in [-0.4, -0.2) is 37.6 Å². The number of hydrogen-bond donors (Lipinski definition) is 0. The van der Waals surface area contributed by atoms with Crippen molar-refractivity contribution in [1.82, 2.24) is 4.90 Å². The SMILES string of the molecule is CC1CCN(CCN2CCCc3ccccc32)CC1. The zero-order chi connectivity index (χ0) is 13.1. The van der Waals surface area contributed by atoms with Crippen LogP contribution in [0.15, 0.2) is 24.3 Å². The lowest BCUT2D eigenvalue weighted by Gasteiger charge is -2.35. The second kappa shape index (κ2) is 5.96. The Bertz CT molecular complexity index is 407. The Morgan fingerprint density at radius 1 is 1.05 bits per heavy atom. The summed E-state index contributed by atoms with van der Waals surface area (Å²) in [6, 6.07) is 8.95. The molecule has 1 fully saturated rings. The molecule has 1 aromatic carbocycles. The zero-order valence-electron chi connectivity index (χ0n) is 12.1. The lowest BCUT2D eigenvalue weighted by atomic mass is 9.99. The molecule has 2 aliphatic heterocycles. The first kappa shape index (κ1) is 13.0. The van der Waals surface area contributed by atoms with Gasteiger partial charge in [-0.3, -0.25) is 0 Å². The predicted octanol–water partition coefficient (Wildman–Crippen LogP) is 3.17. The third-order valence-corrected chi connectivity index (χ3v) is 4.77. The third-order valence-electron chi connectivity index (χ3n) is 4.77. The lowest BCUT2D eigenvalue weighted by molar-refractivity contribution is 0.196. The molecule has 0 N–H and O–H groups in total. The normalized spacial score (nSPS) is 21.4. The van der Waals surface area contributed by atoms with E-state index in [9.17, 15) is 0 Å². The fourth-order valence-electron chi connectivity index (χ4n) is 3.39. The number of nitrogens with zero attached hydrogens (tertiary/aromatic N) is 2. The number of benzene rings is 1. The van der Waals surface area contributed by atoms with E-state index in [1.807, 2.05) is 0 Å². The van der Waals surface area contributed by atoms with E-state index < -0.39 is 0 Å². The van der Waals surface area contributed by atoms with Crippen molar-refractivity contribution in [3.63, 3.8) is 0 Å². The van der Waals surface area contributed by atoms with Crippen LogP contribution in [0.1, 0.15) is 31.7 Å². The van der Waals surface area contributed by atoms with Crippen LogP contribution in [0.4, 0.5) is 5.69 Å². The van der Waals surface area contributed by atoms with Crippen molar-refractivity contribution >= 4 is 5.69 Å². The summed E-state index contributed by atoms with van der Waals surface area (Å²) in [4.78, 5) is 5.24. The summed E-state index contributed by atoms with van der Waals surface area (Å²) in [5, 5.41) is 0. The highest BCUT2D eigenvalue weighted by Crippen LogP contribution is 2.26. The molecule has 19 heavy (non-hydrogen) atoms. The van der Waals surface area contributed by atoms with Gasteiger partial charge in [0.2, 0.25) is 0 Å². The molecule has 3 rings (SSSR count). The first-order valence-electron chi connectivity index (χ1n) is 7.88. The summed E-state index contributed by atoms with van der Waals surface area (Å²) in [7, 11) is 0. The van der Waals surface area contributed by atoms with Crippen LogP contribution in [0, 0.1) is 5.92 Å². The van der Waals surface area contributed by atoms with Gasteiger partial charge in [0.05, 0.1) is 0 Å². The number of likely N-dealkylation sites (tertiary alicyclic amines) is 1. The van der Waals surface area contributed by atoms with Crippen LogP contribution in [-0.2, 0) is 6.42 Å². The average molecular weight is 258 g/mol. The fourth-order valence-corrected chi connectivity index (χ4v) is 3.39. The number of fused-ring (bicyclic) bond motifs is 1. The largest absolute Gasteiger partial charge is 0.370 e. The highest BCUT2D eigenvalue weighted by molar-refractivity contribution is 5.55. The molecule has 2 heterocycles. The van der Waals surface area contributed by atoms with Crippen molar-refractivity contribution in [1.29, 1.82) is 0 Å². The maximum absolute atomic E-state index is 2.65. The van der Waals surface area contributed by atoms with Crippen LogP contribution in [0.5, 0.6) is 0 Å². The van der Waals surface area contributed by atoms with E-state index in [0.717, 1.165) is 5.92 Å². The molecule has 2 heteroatoms. The van der Waals surface area contributed by atoms with E-state index >= 15 is 0 Å². The van der Waals surface area contributed by atoms with Gasteiger partial charge in [-0.15, -0.1) is 0 Å². The van der Waals surface area contributed by atoms with Gasteiger partial charge in [-0.05, 0) is 56.3 Å². The average Bonchev–Trinajstić information content (AvgIpc) is 2.47. The van der Waals surface area contributed by atoms with Crippen molar-refractivity contribution in [3.8, 4) is 0 Å². The molecule has 1 aromatic rings. The molecule has 2 nitrogen and oxygen atoms in total. The molecule has 0 atom stereocenters. The molecule has 0 aliphatic carbocycles. The highest BCUT2D eigenvalue weighted by Gasteiger charge is 2.19. The van der Waals surface area contributed by atoms with Crippen molar-refractivity contribution in [2.45, 2.75) is 32.6 Å². The van der Waals surface area contributed by atoms with Crippen LogP contribution in [0.25, 0.3) is 0 Å². The van der Waals surface area contributed by atoms with Gasteiger partial charge in [0.15, 0.2) is 0 Å². The topological polar surface area (TPSA) is 6.48 Å². The van der Waals surface area contributed by atoms with Gasteiger partial charge in [-0.2, -0.15) is 0 Å². The van der Waals surface area contributed by atoms with Crippen LogP contribution in [0.2, 0.25) is 0 Å². The van der Waals surface area contributed by atoms with Gasteiger partial charge in [0.1, 0.15) is 0 Å². The number of anilines is 1. The molecule has 0 unspecified atom stereocenters. The summed E-state index contributed by atoms with van der Waals surface area (Å²) < 4.78 is 0. The number of rotatable bonds is 3. The Morgan fingerprint density at radius 3 is 2.68 bits per heavy atom. The fraction of sp³-hybridized carbons (Fsp3) is 0.647. The summed E-state index contributed by atoms with van der Waals surface area (Å²) in [5.74, 6) is 0.937. The summed E-state index contributed by atoms with van der Waals surface area (Å²) in [5.41, 5.74) is 3.03. The maximum Gasteiger partial charge on any atom is 0.0399 e. The van der Waals surface area contributed by atoms with Gasteiger partial charge in [-0.1, -0.05) is 25.1 Å². The molecule has 0 radical (unpaired) electrons. The van der Waals surface area contributed by atoms with Gasteiger partial charge in [0.25, 0.3) is 0 Å². The second-order valence-corrected chi connectivity index (χ2v) is 6.24. The zero-order valence-corrected chi connectivity index (χ0v) is 12.1. The minimum atomic E-state index is 0.937. The standard InChI is InChI=1S/C17H26N2/c1-15-8-11-18(12-9-15)13-14-19-10-4-6-16-5-2-3-7-17(16)19/h2-3,5,7,15H,4,6,8-14H2,1H3. The molecule has 0 saturated carbocycles. The summed E-state index contributed by atoms with van der Waals surface area (Å²) in [6.07, 6.45) is 5.34. The number of para-hydroxylation sites is 1.